The number of hydrogen-bond acceptors (Lipinski definition) is 9. The molecule has 2 rings (SSSR count). The molecule has 0 radical (unpaired) electrons. The fraction of sp³-hybridized carbons (Fsp3) is 0.524. The van der Waals surface area contributed by atoms with Gasteiger partial charge in [-0.2, -0.15) is 0 Å². The van der Waals surface area contributed by atoms with E-state index in [4.69, 9.17) is 35.3 Å². The zero-order valence-electron chi connectivity index (χ0n) is 18.2. The van der Waals surface area contributed by atoms with Gasteiger partial charge in [0.1, 0.15) is 6.10 Å². The summed E-state index contributed by atoms with van der Waals surface area (Å²) in [5.74, 6) is -5.36. The molecule has 11 heteroatoms. The number of carboxylic acids is 1. The van der Waals surface area contributed by atoms with E-state index in [1.165, 1.54) is 32.2 Å². The first kappa shape index (κ1) is 25.6. The maximum atomic E-state index is 12.0. The highest BCUT2D eigenvalue weighted by Crippen LogP contribution is 2.44. The first-order valence-corrected chi connectivity index (χ1v) is 10.1. The Hall–Kier alpha value is -2.69. The van der Waals surface area contributed by atoms with Crippen molar-refractivity contribution in [1.29, 1.82) is 0 Å². The van der Waals surface area contributed by atoms with E-state index in [9.17, 15) is 24.3 Å². The maximum absolute atomic E-state index is 12.0. The van der Waals surface area contributed by atoms with Gasteiger partial charge < -0.3 is 28.8 Å². The van der Waals surface area contributed by atoms with Gasteiger partial charge in [-0.3, -0.25) is 14.4 Å². The van der Waals surface area contributed by atoms with Gasteiger partial charge in [-0.1, -0.05) is 24.6 Å². The number of ether oxygens (including phenoxy) is 5. The number of esters is 3. The molecule has 1 aromatic rings. The summed E-state index contributed by atoms with van der Waals surface area (Å²) < 4.78 is 28.1. The predicted molar refractivity (Wildman–Crippen MR) is 109 cm³/mol. The summed E-state index contributed by atoms with van der Waals surface area (Å²) in [4.78, 5) is 47.3. The number of carbonyl (C=O) groups excluding carboxylic acids is 3. The zero-order chi connectivity index (χ0) is 24.2. The largest absolute Gasteiger partial charge is 0.478 e. The van der Waals surface area contributed by atoms with Crippen molar-refractivity contribution in [2.24, 2.45) is 0 Å². The monoisotopic (exact) mass is 472 g/mol. The number of carbonyl (C=O) groups is 4. The van der Waals surface area contributed by atoms with E-state index in [0.717, 1.165) is 13.8 Å². The van der Waals surface area contributed by atoms with Crippen LogP contribution in [0.1, 0.15) is 50.0 Å². The fourth-order valence-corrected chi connectivity index (χ4v) is 3.87. The normalized spacial score (nSPS) is 27.3. The van der Waals surface area contributed by atoms with Gasteiger partial charge in [0.05, 0.1) is 10.6 Å². The Morgan fingerprint density at radius 3 is 2.06 bits per heavy atom. The molecule has 0 bridgehead atoms. The summed E-state index contributed by atoms with van der Waals surface area (Å²) in [6.07, 6.45) is -4.47. The van der Waals surface area contributed by atoms with Gasteiger partial charge in [0.25, 0.3) is 0 Å². The predicted octanol–water partition coefficient (Wildman–Crippen LogP) is 2.44. The first-order chi connectivity index (χ1) is 15.0. The first-order valence-electron chi connectivity index (χ1n) is 9.74. The van der Waals surface area contributed by atoms with Gasteiger partial charge in [-0.05, 0) is 18.6 Å². The maximum Gasteiger partial charge on any atom is 0.337 e. The average Bonchev–Trinajstić information content (AvgIpc) is 2.70. The molecule has 1 fully saturated rings. The Kier molecular flexibility index (Phi) is 8.22. The van der Waals surface area contributed by atoms with Crippen LogP contribution in [-0.2, 0) is 43.9 Å². The minimum atomic E-state index is -1.90. The van der Waals surface area contributed by atoms with Gasteiger partial charge in [0.15, 0.2) is 12.2 Å². The summed E-state index contributed by atoms with van der Waals surface area (Å²) in [6, 6.07) is 3.99. The topological polar surface area (TPSA) is 135 Å². The fourth-order valence-electron chi connectivity index (χ4n) is 3.67. The lowest BCUT2D eigenvalue weighted by atomic mass is 9.86. The Morgan fingerprint density at radius 1 is 1.03 bits per heavy atom. The van der Waals surface area contributed by atoms with Crippen LogP contribution in [0.15, 0.2) is 18.2 Å². The van der Waals surface area contributed by atoms with Crippen molar-refractivity contribution in [2.45, 2.75) is 64.3 Å². The molecule has 0 saturated carbocycles. The quantitative estimate of drug-likeness (QED) is 0.465. The van der Waals surface area contributed by atoms with Crippen LogP contribution in [-0.4, -0.2) is 60.5 Å². The van der Waals surface area contributed by atoms with E-state index >= 15 is 0 Å². The SMILES string of the molecule is CC[C@H]1OC(OC)(c2ccc(Cl)c(C(=O)O)c2)[C@H](OC(C)=O)[C@@H](OC(C)=O)[C@@H]1OC(C)=O. The Morgan fingerprint density at radius 2 is 1.59 bits per heavy atom. The van der Waals surface area contributed by atoms with Crippen molar-refractivity contribution >= 4 is 35.5 Å². The van der Waals surface area contributed by atoms with Crippen LogP contribution in [0, 0.1) is 0 Å². The van der Waals surface area contributed by atoms with E-state index in [-0.39, 0.29) is 22.6 Å². The lowest BCUT2D eigenvalue weighted by Crippen LogP contribution is -2.66. The molecule has 10 nitrogen and oxygen atoms in total. The number of aromatic carboxylic acids is 1. The van der Waals surface area contributed by atoms with Gasteiger partial charge in [0.2, 0.25) is 11.9 Å². The second-order valence-corrected chi connectivity index (χ2v) is 7.52. The molecule has 1 unspecified atom stereocenters. The number of halogens is 1. The third-order valence-corrected chi connectivity index (χ3v) is 5.22. The number of carboxylic acid groups (broad SMARTS) is 1. The number of hydrogen-bond donors (Lipinski definition) is 1. The Labute approximate surface area is 189 Å². The van der Waals surface area contributed by atoms with Crippen molar-refractivity contribution in [3.8, 4) is 0 Å². The Bertz CT molecular complexity index is 901. The van der Waals surface area contributed by atoms with Crippen molar-refractivity contribution in [3.05, 3.63) is 34.3 Å². The molecule has 1 aliphatic heterocycles. The minimum Gasteiger partial charge on any atom is -0.478 e. The molecule has 1 saturated heterocycles. The van der Waals surface area contributed by atoms with Crippen LogP contribution in [0.4, 0.5) is 0 Å². The van der Waals surface area contributed by atoms with Crippen LogP contribution in [0.25, 0.3) is 0 Å². The highest BCUT2D eigenvalue weighted by atomic mass is 35.5. The number of benzene rings is 1. The Balaban J connectivity index is 2.76. The molecule has 1 heterocycles. The molecule has 32 heavy (non-hydrogen) atoms. The molecule has 176 valence electrons. The van der Waals surface area contributed by atoms with Crippen molar-refractivity contribution < 1.29 is 48.0 Å². The van der Waals surface area contributed by atoms with E-state index in [1.807, 2.05) is 0 Å². The van der Waals surface area contributed by atoms with Crippen molar-refractivity contribution in [1.82, 2.24) is 0 Å². The van der Waals surface area contributed by atoms with Crippen molar-refractivity contribution in [2.75, 3.05) is 7.11 Å². The lowest BCUT2D eigenvalue weighted by molar-refractivity contribution is -0.365. The molecular formula is C21H25ClO10. The summed E-state index contributed by atoms with van der Waals surface area (Å²) >= 11 is 6.00. The van der Waals surface area contributed by atoms with Crippen LogP contribution in [0.3, 0.4) is 0 Å². The average molecular weight is 473 g/mol. The van der Waals surface area contributed by atoms with Gasteiger partial charge in [-0.15, -0.1) is 0 Å². The summed E-state index contributed by atoms with van der Waals surface area (Å²) in [5, 5.41) is 9.45. The lowest BCUT2D eigenvalue weighted by Gasteiger charge is -2.50. The van der Waals surface area contributed by atoms with Gasteiger partial charge >= 0.3 is 23.9 Å². The van der Waals surface area contributed by atoms with E-state index in [2.05, 4.69) is 0 Å². The molecule has 0 aliphatic carbocycles. The van der Waals surface area contributed by atoms with E-state index in [1.54, 1.807) is 6.92 Å². The molecule has 1 N–H and O–H groups in total. The third-order valence-electron chi connectivity index (χ3n) is 4.89. The molecule has 0 aromatic heterocycles. The third kappa shape index (κ3) is 5.20. The highest BCUT2D eigenvalue weighted by Gasteiger charge is 2.61. The van der Waals surface area contributed by atoms with E-state index < -0.39 is 54.1 Å². The molecule has 1 aromatic carbocycles. The van der Waals surface area contributed by atoms with Gasteiger partial charge in [0, 0.05) is 33.4 Å². The second-order valence-electron chi connectivity index (χ2n) is 7.11. The molecule has 5 atom stereocenters. The number of methoxy groups -OCH3 is 1. The molecule has 0 amide bonds. The number of rotatable bonds is 7. The summed E-state index contributed by atoms with van der Waals surface area (Å²) in [6.45, 7) is 5.19. The summed E-state index contributed by atoms with van der Waals surface area (Å²) in [5.41, 5.74) is -0.102. The van der Waals surface area contributed by atoms with Gasteiger partial charge in [-0.25, -0.2) is 4.79 Å². The smallest absolute Gasteiger partial charge is 0.337 e. The summed E-state index contributed by atoms with van der Waals surface area (Å²) in [7, 11) is 1.26. The highest BCUT2D eigenvalue weighted by molar-refractivity contribution is 6.33. The molecule has 0 spiro atoms. The van der Waals surface area contributed by atoms with Crippen LogP contribution < -0.4 is 0 Å². The standard InChI is InChI=1S/C21H25ClO10/c1-6-16-17(29-10(2)23)18(30-11(3)24)19(31-12(4)25)21(28-5,32-16)13-7-8-15(22)14(9-13)20(26)27/h7-9,16-19H,6H2,1-5H3,(H,26,27)/t16-,17-,18+,19-,21?/m1/s1. The second kappa shape index (κ2) is 10.3. The van der Waals surface area contributed by atoms with Crippen molar-refractivity contribution in [3.63, 3.8) is 0 Å². The zero-order valence-corrected chi connectivity index (χ0v) is 19.0. The molecule has 1 aliphatic rings. The molecular weight excluding hydrogens is 448 g/mol. The van der Waals surface area contributed by atoms with E-state index in [0.29, 0.717) is 0 Å². The minimum absolute atomic E-state index is 0.0336. The van der Waals surface area contributed by atoms with Crippen LogP contribution in [0.2, 0.25) is 5.02 Å². The van der Waals surface area contributed by atoms with Crippen LogP contribution in [0.5, 0.6) is 0 Å². The van der Waals surface area contributed by atoms with Crippen LogP contribution >= 0.6 is 11.6 Å².